The molecule has 0 rings (SSSR count). The second-order valence-corrected chi connectivity index (χ2v) is 6.37. The van der Waals surface area contributed by atoms with E-state index in [2.05, 4.69) is 5.32 Å². The molecule has 0 atom stereocenters. The molecule has 0 radical (unpaired) electrons. The quantitative estimate of drug-likeness (QED) is 0.695. The van der Waals surface area contributed by atoms with Gasteiger partial charge in [-0.15, -0.1) is 0 Å². The molecule has 0 aliphatic heterocycles. The van der Waals surface area contributed by atoms with Crippen LogP contribution < -0.4 is 5.32 Å². The van der Waals surface area contributed by atoms with Gasteiger partial charge in [0, 0.05) is 12.1 Å². The number of hydrogen-bond donors (Lipinski definition) is 1. The molecule has 0 amide bonds. The largest absolute Gasteiger partial charge is 0.320 e. The molecule has 0 aliphatic rings. The molecule has 5 heteroatoms. The normalized spacial score (nSPS) is 13.6. The van der Waals surface area contributed by atoms with Crippen molar-refractivity contribution in [2.24, 2.45) is 0 Å². The van der Waals surface area contributed by atoms with Crippen LogP contribution in [0.25, 0.3) is 0 Å². The highest BCUT2D eigenvalue weighted by Gasteiger charge is 2.28. The van der Waals surface area contributed by atoms with Gasteiger partial charge in [-0.25, -0.2) is 8.42 Å². The van der Waals surface area contributed by atoms with Crippen LogP contribution in [0.15, 0.2) is 0 Å². The average molecular weight is 222 g/mol. The number of hydrogen-bond acceptors (Lipinski definition) is 3. The maximum absolute atomic E-state index is 11.5. The summed E-state index contributed by atoms with van der Waals surface area (Å²) in [6, 6.07) is 0. The van der Waals surface area contributed by atoms with Crippen LogP contribution in [0, 0.1) is 0 Å². The first-order valence-electron chi connectivity index (χ1n) is 4.82. The molecule has 0 saturated carbocycles. The van der Waals surface area contributed by atoms with Gasteiger partial charge in [-0.05, 0) is 40.8 Å². The van der Waals surface area contributed by atoms with E-state index in [9.17, 15) is 8.42 Å². The second-order valence-electron chi connectivity index (χ2n) is 4.46. The Morgan fingerprint density at radius 2 is 1.79 bits per heavy atom. The van der Waals surface area contributed by atoms with E-state index in [1.54, 1.807) is 0 Å². The number of sulfonamides is 1. The maximum atomic E-state index is 11.5. The van der Waals surface area contributed by atoms with Gasteiger partial charge in [-0.1, -0.05) is 0 Å². The zero-order valence-corrected chi connectivity index (χ0v) is 10.6. The first-order valence-corrected chi connectivity index (χ1v) is 6.67. The van der Waals surface area contributed by atoms with Crippen molar-refractivity contribution in [3.05, 3.63) is 0 Å². The highest BCUT2D eigenvalue weighted by molar-refractivity contribution is 7.88. The van der Waals surface area contributed by atoms with Crippen LogP contribution in [0.3, 0.4) is 0 Å². The summed E-state index contributed by atoms with van der Waals surface area (Å²) in [7, 11) is -1.23. The first kappa shape index (κ1) is 13.9. The van der Waals surface area contributed by atoms with Crippen molar-refractivity contribution < 1.29 is 8.42 Å². The molecule has 0 aromatic heterocycles. The molecule has 0 saturated heterocycles. The summed E-state index contributed by atoms with van der Waals surface area (Å²) in [5.74, 6) is 0. The predicted molar refractivity (Wildman–Crippen MR) is 59.8 cm³/mol. The Bertz CT molecular complexity index is 254. The Morgan fingerprint density at radius 3 is 2.07 bits per heavy atom. The van der Waals surface area contributed by atoms with Crippen LogP contribution in [-0.4, -0.2) is 44.7 Å². The van der Waals surface area contributed by atoms with Crippen molar-refractivity contribution in [3.63, 3.8) is 0 Å². The summed E-state index contributed by atoms with van der Waals surface area (Å²) >= 11 is 0. The van der Waals surface area contributed by atoms with Crippen LogP contribution in [0.1, 0.15) is 27.2 Å². The summed E-state index contributed by atoms with van der Waals surface area (Å²) in [6.07, 6.45) is 2.10. The van der Waals surface area contributed by atoms with Gasteiger partial charge in [0.25, 0.3) is 0 Å². The first-order chi connectivity index (χ1) is 6.19. The topological polar surface area (TPSA) is 49.4 Å². The molecule has 0 unspecified atom stereocenters. The van der Waals surface area contributed by atoms with Crippen LogP contribution in [-0.2, 0) is 10.0 Å². The smallest absolute Gasteiger partial charge is 0.211 e. The molecule has 86 valence electrons. The van der Waals surface area contributed by atoms with Gasteiger partial charge in [0.2, 0.25) is 10.0 Å². The minimum Gasteiger partial charge on any atom is -0.320 e. The lowest BCUT2D eigenvalue weighted by atomic mass is 10.1. The van der Waals surface area contributed by atoms with E-state index >= 15 is 0 Å². The van der Waals surface area contributed by atoms with E-state index in [1.165, 1.54) is 10.6 Å². The molecule has 0 spiro atoms. The van der Waals surface area contributed by atoms with Crippen molar-refractivity contribution in [1.82, 2.24) is 9.62 Å². The molecular formula is C9H22N2O2S. The summed E-state index contributed by atoms with van der Waals surface area (Å²) in [5, 5.41) is 3.00. The van der Waals surface area contributed by atoms with Gasteiger partial charge in [-0.2, -0.15) is 4.31 Å². The Kier molecular flexibility index (Phi) is 5.05. The monoisotopic (exact) mass is 222 g/mol. The van der Waals surface area contributed by atoms with Gasteiger partial charge < -0.3 is 5.32 Å². The third kappa shape index (κ3) is 4.93. The van der Waals surface area contributed by atoms with Gasteiger partial charge in [0.05, 0.1) is 6.26 Å². The van der Waals surface area contributed by atoms with Crippen LogP contribution >= 0.6 is 0 Å². The molecule has 0 aromatic carbocycles. The van der Waals surface area contributed by atoms with Crippen molar-refractivity contribution in [2.75, 3.05) is 26.4 Å². The fourth-order valence-corrected chi connectivity index (χ4v) is 2.85. The highest BCUT2D eigenvalue weighted by atomic mass is 32.2. The molecule has 0 bridgehead atoms. The van der Waals surface area contributed by atoms with Gasteiger partial charge in [0.15, 0.2) is 0 Å². The molecule has 0 aliphatic carbocycles. The van der Waals surface area contributed by atoms with Gasteiger partial charge >= 0.3 is 0 Å². The van der Waals surface area contributed by atoms with Crippen molar-refractivity contribution in [3.8, 4) is 0 Å². The lowest BCUT2D eigenvalue weighted by Gasteiger charge is -2.33. The van der Waals surface area contributed by atoms with Crippen LogP contribution in [0.4, 0.5) is 0 Å². The maximum Gasteiger partial charge on any atom is 0.211 e. The molecule has 0 heterocycles. The number of rotatable bonds is 5. The zero-order chi connectivity index (χ0) is 11.4. The predicted octanol–water partition coefficient (Wildman–Crippen LogP) is 0.656. The standard InChI is InChI=1S/C9H22N2O2S/c1-9(2,3)11(14(5,12)13)8-6-7-10-4/h10H,6-8H2,1-5H3. The SMILES string of the molecule is CNCCCN(C(C)(C)C)S(C)(=O)=O. The summed E-state index contributed by atoms with van der Waals surface area (Å²) in [5.41, 5.74) is -0.332. The fraction of sp³-hybridized carbons (Fsp3) is 1.00. The van der Waals surface area contributed by atoms with Gasteiger partial charge in [0.1, 0.15) is 0 Å². The van der Waals surface area contributed by atoms with E-state index in [4.69, 9.17) is 0 Å². The lowest BCUT2D eigenvalue weighted by molar-refractivity contribution is 0.248. The van der Waals surface area contributed by atoms with E-state index in [0.29, 0.717) is 6.54 Å². The van der Waals surface area contributed by atoms with E-state index < -0.39 is 10.0 Å². The lowest BCUT2D eigenvalue weighted by Crippen LogP contribution is -2.45. The summed E-state index contributed by atoms with van der Waals surface area (Å²) in [4.78, 5) is 0. The second kappa shape index (κ2) is 5.09. The summed E-state index contributed by atoms with van der Waals surface area (Å²) < 4.78 is 24.5. The molecule has 4 nitrogen and oxygen atoms in total. The van der Waals surface area contributed by atoms with Crippen molar-refractivity contribution in [1.29, 1.82) is 0 Å². The zero-order valence-electron chi connectivity index (χ0n) is 9.79. The van der Waals surface area contributed by atoms with Crippen LogP contribution in [0.5, 0.6) is 0 Å². The van der Waals surface area contributed by atoms with Crippen molar-refractivity contribution >= 4 is 10.0 Å². The number of nitrogens with one attached hydrogen (secondary N) is 1. The Balaban J connectivity index is 4.45. The van der Waals surface area contributed by atoms with Crippen molar-refractivity contribution in [2.45, 2.75) is 32.7 Å². The fourth-order valence-electron chi connectivity index (χ4n) is 1.40. The Labute approximate surface area is 87.7 Å². The highest BCUT2D eigenvalue weighted by Crippen LogP contribution is 2.17. The van der Waals surface area contributed by atoms with E-state index in [1.807, 2.05) is 27.8 Å². The van der Waals surface area contributed by atoms with Gasteiger partial charge in [-0.3, -0.25) is 0 Å². The van der Waals surface area contributed by atoms with E-state index in [0.717, 1.165) is 13.0 Å². The minimum atomic E-state index is -3.10. The minimum absolute atomic E-state index is 0.332. The third-order valence-corrected chi connectivity index (χ3v) is 3.47. The number of nitrogens with zero attached hydrogens (tertiary/aromatic N) is 1. The molecular weight excluding hydrogens is 200 g/mol. The van der Waals surface area contributed by atoms with E-state index in [-0.39, 0.29) is 5.54 Å². The molecule has 0 aromatic rings. The Hall–Kier alpha value is -0.130. The van der Waals surface area contributed by atoms with Crippen LogP contribution in [0.2, 0.25) is 0 Å². The summed E-state index contributed by atoms with van der Waals surface area (Å²) in [6.45, 7) is 7.14. The third-order valence-electron chi connectivity index (χ3n) is 1.94. The Morgan fingerprint density at radius 1 is 1.29 bits per heavy atom. The molecule has 0 fully saturated rings. The molecule has 1 N–H and O–H groups in total. The molecule has 14 heavy (non-hydrogen) atoms. The average Bonchev–Trinajstić information content (AvgIpc) is 1.92.